The molecule has 1 N–H and O–H groups in total. The summed E-state index contributed by atoms with van der Waals surface area (Å²) in [6.07, 6.45) is 0. The summed E-state index contributed by atoms with van der Waals surface area (Å²) in [5, 5.41) is 12.0. The van der Waals surface area contributed by atoms with E-state index >= 15 is 0 Å². The molecule has 0 fully saturated rings. The molecular weight excluding hydrogens is 302 g/mol. The Morgan fingerprint density at radius 2 is 2.18 bits per heavy atom. The molecule has 1 rings (SSSR count). The second-order valence-electron chi connectivity index (χ2n) is 4.46. The van der Waals surface area contributed by atoms with E-state index in [-0.39, 0.29) is 28.9 Å². The van der Waals surface area contributed by atoms with Crippen LogP contribution in [0.5, 0.6) is 0 Å². The summed E-state index contributed by atoms with van der Waals surface area (Å²) in [6, 6.07) is 3.48. The van der Waals surface area contributed by atoms with Gasteiger partial charge in [-0.25, -0.2) is 9.78 Å². The molecule has 0 aromatic carbocycles. The van der Waals surface area contributed by atoms with E-state index in [9.17, 15) is 14.9 Å². The summed E-state index contributed by atoms with van der Waals surface area (Å²) in [7, 11) is 0. The highest BCUT2D eigenvalue weighted by atomic mass is 32.2. The second kappa shape index (κ2) is 8.39. The molecule has 1 aromatic heterocycles. The minimum absolute atomic E-state index is 0.120. The average molecular weight is 321 g/mol. The van der Waals surface area contributed by atoms with E-state index in [1.807, 2.05) is 13.0 Å². The van der Waals surface area contributed by atoms with Crippen LogP contribution in [0, 0.1) is 18.3 Å². The molecule has 6 nitrogen and oxygen atoms in total. The number of amides is 1. The summed E-state index contributed by atoms with van der Waals surface area (Å²) < 4.78 is 4.94. The fourth-order valence-electron chi connectivity index (χ4n) is 1.71. The lowest BCUT2D eigenvalue weighted by atomic mass is 10.1. The maximum Gasteiger partial charge on any atom is 0.340 e. The molecule has 0 aliphatic carbocycles. The van der Waals surface area contributed by atoms with Gasteiger partial charge in [-0.2, -0.15) is 5.26 Å². The predicted octanol–water partition coefficient (Wildman–Crippen LogP) is 2.06. The zero-order chi connectivity index (χ0) is 16.7. The zero-order valence-electron chi connectivity index (χ0n) is 13.1. The SMILES string of the molecule is CCNC(=O)[C@H](C)Sc1nc(C)c(C(=O)OCC)cc1C#N. The molecule has 0 bridgehead atoms. The first-order chi connectivity index (χ1) is 10.4. The Morgan fingerprint density at radius 3 is 2.73 bits per heavy atom. The van der Waals surface area contributed by atoms with Gasteiger partial charge in [0.15, 0.2) is 0 Å². The first-order valence-electron chi connectivity index (χ1n) is 6.97. The van der Waals surface area contributed by atoms with Crippen molar-refractivity contribution in [2.24, 2.45) is 0 Å². The Hall–Kier alpha value is -2.07. The molecule has 0 radical (unpaired) electrons. The van der Waals surface area contributed by atoms with Crippen molar-refractivity contribution in [3.63, 3.8) is 0 Å². The summed E-state index contributed by atoms with van der Waals surface area (Å²) in [4.78, 5) is 27.9. The van der Waals surface area contributed by atoms with Gasteiger partial charge in [0.25, 0.3) is 0 Å². The molecule has 0 spiro atoms. The fraction of sp³-hybridized carbons (Fsp3) is 0.467. The van der Waals surface area contributed by atoms with Crippen LogP contribution in [0.25, 0.3) is 0 Å². The maximum absolute atomic E-state index is 11.8. The molecule has 7 heteroatoms. The number of carbonyl (C=O) groups is 2. The van der Waals surface area contributed by atoms with E-state index in [1.165, 1.54) is 17.8 Å². The van der Waals surface area contributed by atoms with Crippen LogP contribution in [0.1, 0.15) is 42.4 Å². The van der Waals surface area contributed by atoms with Gasteiger partial charge in [0.05, 0.1) is 28.7 Å². The third-order valence-electron chi connectivity index (χ3n) is 2.80. The minimum Gasteiger partial charge on any atom is -0.462 e. The van der Waals surface area contributed by atoms with E-state index in [0.29, 0.717) is 17.3 Å². The zero-order valence-corrected chi connectivity index (χ0v) is 13.9. The number of esters is 1. The largest absolute Gasteiger partial charge is 0.462 e. The maximum atomic E-state index is 11.8. The molecule has 22 heavy (non-hydrogen) atoms. The number of nitrogens with zero attached hydrogens (tertiary/aromatic N) is 2. The quantitative estimate of drug-likeness (QED) is 0.637. The van der Waals surface area contributed by atoms with E-state index in [1.54, 1.807) is 20.8 Å². The number of nitriles is 1. The lowest BCUT2D eigenvalue weighted by Crippen LogP contribution is -2.30. The number of carbonyl (C=O) groups excluding carboxylic acids is 2. The molecule has 118 valence electrons. The van der Waals surface area contributed by atoms with Crippen LogP contribution < -0.4 is 5.32 Å². The highest BCUT2D eigenvalue weighted by molar-refractivity contribution is 8.00. The van der Waals surface area contributed by atoms with Crippen molar-refractivity contribution < 1.29 is 14.3 Å². The van der Waals surface area contributed by atoms with Gasteiger partial charge in [0.1, 0.15) is 11.1 Å². The van der Waals surface area contributed by atoms with Gasteiger partial charge >= 0.3 is 5.97 Å². The highest BCUT2D eigenvalue weighted by Gasteiger charge is 2.20. The van der Waals surface area contributed by atoms with Crippen LogP contribution in [0.2, 0.25) is 0 Å². The third kappa shape index (κ3) is 4.46. The predicted molar refractivity (Wildman–Crippen MR) is 83.6 cm³/mol. The number of pyridine rings is 1. The van der Waals surface area contributed by atoms with Crippen molar-refractivity contribution >= 4 is 23.6 Å². The Morgan fingerprint density at radius 1 is 1.50 bits per heavy atom. The fourth-order valence-corrected chi connectivity index (χ4v) is 2.65. The van der Waals surface area contributed by atoms with Crippen LogP contribution in [0.15, 0.2) is 11.1 Å². The van der Waals surface area contributed by atoms with E-state index in [0.717, 1.165) is 0 Å². The number of ether oxygens (including phenoxy) is 1. The molecule has 1 heterocycles. The highest BCUT2D eigenvalue weighted by Crippen LogP contribution is 2.27. The average Bonchev–Trinajstić information content (AvgIpc) is 2.47. The number of hydrogen-bond donors (Lipinski definition) is 1. The normalized spacial score (nSPS) is 11.4. The lowest BCUT2D eigenvalue weighted by molar-refractivity contribution is -0.120. The van der Waals surface area contributed by atoms with Crippen molar-refractivity contribution in [3.05, 3.63) is 22.9 Å². The Labute approximate surface area is 134 Å². The molecule has 0 saturated heterocycles. The van der Waals surface area contributed by atoms with Crippen LogP contribution in [-0.4, -0.2) is 35.3 Å². The topological polar surface area (TPSA) is 92.1 Å². The van der Waals surface area contributed by atoms with Crippen molar-refractivity contribution in [2.45, 2.75) is 38.0 Å². The molecule has 0 aliphatic heterocycles. The summed E-state index contributed by atoms with van der Waals surface area (Å²) in [5.74, 6) is -0.623. The summed E-state index contributed by atoms with van der Waals surface area (Å²) in [5.41, 5.74) is 1.01. The number of aryl methyl sites for hydroxylation is 1. The summed E-state index contributed by atoms with van der Waals surface area (Å²) in [6.45, 7) is 7.77. The van der Waals surface area contributed by atoms with E-state index < -0.39 is 5.97 Å². The monoisotopic (exact) mass is 321 g/mol. The first kappa shape index (κ1) is 18.0. The third-order valence-corrected chi connectivity index (χ3v) is 3.90. The summed E-state index contributed by atoms with van der Waals surface area (Å²) >= 11 is 1.19. The van der Waals surface area contributed by atoms with Crippen LogP contribution in [0.4, 0.5) is 0 Å². The minimum atomic E-state index is -0.502. The number of aromatic nitrogens is 1. The smallest absolute Gasteiger partial charge is 0.340 e. The van der Waals surface area contributed by atoms with E-state index in [4.69, 9.17) is 4.74 Å². The Kier molecular flexibility index (Phi) is 6.86. The first-order valence-corrected chi connectivity index (χ1v) is 7.85. The molecule has 1 aromatic rings. The van der Waals surface area contributed by atoms with Gasteiger partial charge in [-0.3, -0.25) is 4.79 Å². The van der Waals surface area contributed by atoms with Gasteiger partial charge in [-0.1, -0.05) is 11.8 Å². The van der Waals surface area contributed by atoms with Crippen molar-refractivity contribution in [1.82, 2.24) is 10.3 Å². The van der Waals surface area contributed by atoms with Crippen molar-refractivity contribution in [2.75, 3.05) is 13.2 Å². The number of hydrogen-bond acceptors (Lipinski definition) is 6. The van der Waals surface area contributed by atoms with Crippen LogP contribution in [-0.2, 0) is 9.53 Å². The molecule has 0 unspecified atom stereocenters. The number of rotatable bonds is 6. The van der Waals surface area contributed by atoms with Gasteiger partial charge in [0, 0.05) is 6.54 Å². The van der Waals surface area contributed by atoms with Crippen molar-refractivity contribution in [3.8, 4) is 6.07 Å². The molecule has 1 amide bonds. The van der Waals surface area contributed by atoms with Crippen LogP contribution in [0.3, 0.4) is 0 Å². The number of thioether (sulfide) groups is 1. The Bertz CT molecular complexity index is 611. The van der Waals surface area contributed by atoms with E-state index in [2.05, 4.69) is 10.3 Å². The van der Waals surface area contributed by atoms with Gasteiger partial charge in [0.2, 0.25) is 5.91 Å². The second-order valence-corrected chi connectivity index (χ2v) is 5.79. The van der Waals surface area contributed by atoms with Gasteiger partial charge in [-0.15, -0.1) is 0 Å². The lowest BCUT2D eigenvalue weighted by Gasteiger charge is -2.13. The molecule has 0 aliphatic rings. The molecule has 0 saturated carbocycles. The standard InChI is InChI=1S/C15H19N3O3S/c1-5-17-13(19)10(4)22-14-11(8-16)7-12(9(3)18-14)15(20)21-6-2/h7,10H,5-6H2,1-4H3,(H,17,19)/t10-/m0/s1. The van der Waals surface area contributed by atoms with Crippen molar-refractivity contribution in [1.29, 1.82) is 5.26 Å². The molecular formula is C15H19N3O3S. The Balaban J connectivity index is 3.07. The van der Waals surface area contributed by atoms with Gasteiger partial charge in [-0.05, 0) is 33.8 Å². The van der Waals surface area contributed by atoms with Crippen LogP contribution >= 0.6 is 11.8 Å². The van der Waals surface area contributed by atoms with Gasteiger partial charge < -0.3 is 10.1 Å². The molecule has 1 atom stereocenters. The number of nitrogens with one attached hydrogen (secondary N) is 1.